The average molecular weight is 292 g/mol. The Morgan fingerprint density at radius 2 is 1.94 bits per heavy atom. The number of halogens is 1. The Balaban J connectivity index is 2.31. The maximum atomic E-state index is 5.67. The summed E-state index contributed by atoms with van der Waals surface area (Å²) in [6.45, 7) is 4.04. The van der Waals surface area contributed by atoms with Gasteiger partial charge < -0.3 is 11.1 Å². The third kappa shape index (κ3) is 2.97. The second kappa shape index (κ2) is 4.75. The molecule has 0 radical (unpaired) electrons. The SMILES string of the molecule is Cc1cc(Br)cc(Nc2ncc(N)cc2C)c1. The predicted molar refractivity (Wildman–Crippen MR) is 75.5 cm³/mol. The molecule has 0 aliphatic rings. The van der Waals surface area contributed by atoms with Crippen LogP contribution in [0.4, 0.5) is 17.2 Å². The summed E-state index contributed by atoms with van der Waals surface area (Å²) in [6.07, 6.45) is 1.65. The van der Waals surface area contributed by atoms with E-state index in [1.54, 1.807) is 6.20 Å². The molecule has 0 atom stereocenters. The smallest absolute Gasteiger partial charge is 0.133 e. The Hall–Kier alpha value is -1.55. The van der Waals surface area contributed by atoms with Crippen molar-refractivity contribution in [1.82, 2.24) is 4.98 Å². The standard InChI is InChI=1S/C13H14BrN3/c1-8-3-10(14)6-12(4-8)17-13-9(2)5-11(15)7-16-13/h3-7H,15H2,1-2H3,(H,16,17). The quantitative estimate of drug-likeness (QED) is 0.885. The fourth-order valence-corrected chi connectivity index (χ4v) is 2.28. The van der Waals surface area contributed by atoms with Gasteiger partial charge in [-0.2, -0.15) is 0 Å². The van der Waals surface area contributed by atoms with Crippen molar-refractivity contribution < 1.29 is 0 Å². The minimum Gasteiger partial charge on any atom is -0.397 e. The van der Waals surface area contributed by atoms with Crippen LogP contribution in [0, 0.1) is 13.8 Å². The maximum Gasteiger partial charge on any atom is 0.133 e. The van der Waals surface area contributed by atoms with Crippen molar-refractivity contribution in [2.24, 2.45) is 0 Å². The number of nitrogens with zero attached hydrogens (tertiary/aromatic N) is 1. The van der Waals surface area contributed by atoms with Gasteiger partial charge in [-0.1, -0.05) is 15.9 Å². The van der Waals surface area contributed by atoms with E-state index in [1.807, 2.05) is 19.1 Å². The zero-order valence-electron chi connectivity index (χ0n) is 9.79. The van der Waals surface area contributed by atoms with Crippen LogP contribution in [0.2, 0.25) is 0 Å². The molecule has 0 aliphatic carbocycles. The van der Waals surface area contributed by atoms with Crippen molar-refractivity contribution in [3.63, 3.8) is 0 Å². The van der Waals surface area contributed by atoms with Gasteiger partial charge in [0.15, 0.2) is 0 Å². The first-order valence-corrected chi connectivity index (χ1v) is 6.10. The molecule has 1 aromatic carbocycles. The van der Waals surface area contributed by atoms with Gasteiger partial charge in [0.05, 0.1) is 11.9 Å². The van der Waals surface area contributed by atoms with Crippen molar-refractivity contribution in [3.8, 4) is 0 Å². The van der Waals surface area contributed by atoms with Gasteiger partial charge >= 0.3 is 0 Å². The molecule has 0 fully saturated rings. The molecule has 0 bridgehead atoms. The number of hydrogen-bond acceptors (Lipinski definition) is 3. The van der Waals surface area contributed by atoms with Crippen LogP contribution >= 0.6 is 15.9 Å². The molecular weight excluding hydrogens is 278 g/mol. The highest BCUT2D eigenvalue weighted by molar-refractivity contribution is 9.10. The molecule has 1 aromatic heterocycles. The Kier molecular flexibility index (Phi) is 3.33. The van der Waals surface area contributed by atoms with E-state index in [-0.39, 0.29) is 0 Å². The largest absolute Gasteiger partial charge is 0.397 e. The van der Waals surface area contributed by atoms with Gasteiger partial charge in [0, 0.05) is 10.2 Å². The van der Waals surface area contributed by atoms with Crippen LogP contribution in [0.5, 0.6) is 0 Å². The molecule has 0 saturated heterocycles. The summed E-state index contributed by atoms with van der Waals surface area (Å²) in [6, 6.07) is 8.06. The van der Waals surface area contributed by atoms with Gasteiger partial charge in [-0.15, -0.1) is 0 Å². The Morgan fingerprint density at radius 3 is 2.59 bits per heavy atom. The first-order chi connectivity index (χ1) is 8.04. The third-order valence-corrected chi connectivity index (χ3v) is 2.86. The number of anilines is 3. The summed E-state index contributed by atoms with van der Waals surface area (Å²) in [5, 5.41) is 3.28. The fourth-order valence-electron chi connectivity index (χ4n) is 1.67. The van der Waals surface area contributed by atoms with E-state index in [2.05, 4.69) is 45.3 Å². The summed E-state index contributed by atoms with van der Waals surface area (Å²) in [5.41, 5.74) is 9.58. The molecule has 0 saturated carbocycles. The van der Waals surface area contributed by atoms with Crippen LogP contribution in [0.3, 0.4) is 0 Å². The number of aryl methyl sites for hydroxylation is 2. The Bertz CT molecular complexity index is 532. The van der Waals surface area contributed by atoms with Crippen molar-refractivity contribution in [3.05, 3.63) is 46.1 Å². The van der Waals surface area contributed by atoms with Crippen LogP contribution in [0.1, 0.15) is 11.1 Å². The molecule has 0 aliphatic heterocycles. The Morgan fingerprint density at radius 1 is 1.18 bits per heavy atom. The highest BCUT2D eigenvalue weighted by Gasteiger charge is 2.02. The molecule has 17 heavy (non-hydrogen) atoms. The summed E-state index contributed by atoms with van der Waals surface area (Å²) in [7, 11) is 0. The van der Waals surface area contributed by atoms with Crippen molar-refractivity contribution in [2.75, 3.05) is 11.1 Å². The van der Waals surface area contributed by atoms with E-state index in [1.165, 1.54) is 5.56 Å². The van der Waals surface area contributed by atoms with Crippen molar-refractivity contribution >= 4 is 33.1 Å². The summed E-state index contributed by atoms with van der Waals surface area (Å²) < 4.78 is 1.05. The number of hydrogen-bond donors (Lipinski definition) is 2. The van der Waals surface area contributed by atoms with E-state index >= 15 is 0 Å². The average Bonchev–Trinajstić information content (AvgIpc) is 2.21. The molecule has 4 heteroatoms. The summed E-state index contributed by atoms with van der Waals surface area (Å²) in [4.78, 5) is 4.28. The van der Waals surface area contributed by atoms with Crippen LogP contribution in [-0.4, -0.2) is 4.98 Å². The predicted octanol–water partition coefficient (Wildman–Crippen LogP) is 3.79. The lowest BCUT2D eigenvalue weighted by atomic mass is 10.2. The van der Waals surface area contributed by atoms with Gasteiger partial charge in [-0.3, -0.25) is 0 Å². The number of nitrogens with two attached hydrogens (primary N) is 1. The monoisotopic (exact) mass is 291 g/mol. The topological polar surface area (TPSA) is 50.9 Å². The lowest BCUT2D eigenvalue weighted by Crippen LogP contribution is -1.98. The van der Waals surface area contributed by atoms with Crippen molar-refractivity contribution in [2.45, 2.75) is 13.8 Å². The van der Waals surface area contributed by atoms with E-state index in [0.29, 0.717) is 5.69 Å². The van der Waals surface area contributed by atoms with E-state index < -0.39 is 0 Å². The van der Waals surface area contributed by atoms with E-state index in [9.17, 15) is 0 Å². The normalized spacial score (nSPS) is 10.3. The summed E-state index contributed by atoms with van der Waals surface area (Å²) in [5.74, 6) is 0.830. The minimum absolute atomic E-state index is 0.679. The minimum atomic E-state index is 0.679. The number of rotatable bonds is 2. The van der Waals surface area contributed by atoms with E-state index in [4.69, 9.17) is 5.73 Å². The number of aromatic nitrogens is 1. The number of benzene rings is 1. The van der Waals surface area contributed by atoms with Crippen LogP contribution < -0.4 is 11.1 Å². The van der Waals surface area contributed by atoms with Gasteiger partial charge in [0.25, 0.3) is 0 Å². The second-order valence-electron chi connectivity index (χ2n) is 4.08. The lowest BCUT2D eigenvalue weighted by Gasteiger charge is -2.10. The fraction of sp³-hybridized carbons (Fsp3) is 0.154. The molecule has 3 N–H and O–H groups in total. The molecule has 0 amide bonds. The van der Waals surface area contributed by atoms with E-state index in [0.717, 1.165) is 21.5 Å². The van der Waals surface area contributed by atoms with Gasteiger partial charge in [-0.05, 0) is 49.2 Å². The van der Waals surface area contributed by atoms with Crippen LogP contribution in [0.25, 0.3) is 0 Å². The molecular formula is C13H14BrN3. The van der Waals surface area contributed by atoms with Gasteiger partial charge in [0.1, 0.15) is 5.82 Å². The third-order valence-electron chi connectivity index (χ3n) is 2.40. The highest BCUT2D eigenvalue weighted by atomic mass is 79.9. The van der Waals surface area contributed by atoms with Gasteiger partial charge in [-0.25, -0.2) is 4.98 Å². The van der Waals surface area contributed by atoms with Crippen molar-refractivity contribution in [1.29, 1.82) is 0 Å². The summed E-state index contributed by atoms with van der Waals surface area (Å²) >= 11 is 3.48. The molecule has 0 spiro atoms. The molecule has 0 unspecified atom stereocenters. The molecule has 2 aromatic rings. The van der Waals surface area contributed by atoms with Crippen LogP contribution in [-0.2, 0) is 0 Å². The molecule has 2 rings (SSSR count). The number of nitrogen functional groups attached to an aromatic ring is 1. The molecule has 3 nitrogen and oxygen atoms in total. The van der Waals surface area contributed by atoms with Gasteiger partial charge in [0.2, 0.25) is 0 Å². The second-order valence-corrected chi connectivity index (χ2v) is 4.99. The number of pyridine rings is 1. The highest BCUT2D eigenvalue weighted by Crippen LogP contribution is 2.23. The zero-order chi connectivity index (χ0) is 12.4. The maximum absolute atomic E-state index is 5.67. The molecule has 1 heterocycles. The first kappa shape index (κ1) is 11.9. The molecule has 88 valence electrons. The Labute approximate surface area is 109 Å². The first-order valence-electron chi connectivity index (χ1n) is 5.31. The lowest BCUT2D eigenvalue weighted by molar-refractivity contribution is 1.26. The van der Waals surface area contributed by atoms with Crippen LogP contribution in [0.15, 0.2) is 34.9 Å². The number of nitrogens with one attached hydrogen (secondary N) is 1. The zero-order valence-corrected chi connectivity index (χ0v) is 11.4.